The minimum Gasteiger partial charge on any atom is -0.449 e. The summed E-state index contributed by atoms with van der Waals surface area (Å²) in [6.45, 7) is 3.37. The summed E-state index contributed by atoms with van der Waals surface area (Å²) >= 11 is 6.11. The Morgan fingerprint density at radius 2 is 1.78 bits per heavy atom. The van der Waals surface area contributed by atoms with Gasteiger partial charge in [0.05, 0.1) is 33.1 Å². The van der Waals surface area contributed by atoms with Crippen molar-refractivity contribution < 1.29 is 31.1 Å². The molecule has 1 N–H and O–H groups in total. The van der Waals surface area contributed by atoms with Crippen LogP contribution >= 0.6 is 11.6 Å². The molecule has 0 atom stereocenters. The maximum atomic E-state index is 13.7. The number of nitrogens with one attached hydrogen (secondary N) is 1. The maximum absolute atomic E-state index is 13.7. The van der Waals surface area contributed by atoms with Gasteiger partial charge in [-0.25, -0.2) is 22.9 Å². The largest absolute Gasteiger partial charge is 0.449 e. The summed E-state index contributed by atoms with van der Waals surface area (Å²) in [4.78, 5) is 20.7. The Morgan fingerprint density at radius 1 is 1.02 bits per heavy atom. The van der Waals surface area contributed by atoms with Gasteiger partial charge in [0, 0.05) is 29.6 Å². The molecule has 3 aromatic carbocycles. The molecule has 0 spiro atoms. The summed E-state index contributed by atoms with van der Waals surface area (Å²) in [7, 11) is -4.27. The quantitative estimate of drug-likeness (QED) is 0.175. The van der Waals surface area contributed by atoms with Gasteiger partial charge in [-0.15, -0.1) is 0 Å². The lowest BCUT2D eigenvalue weighted by Gasteiger charge is -2.14. The molecule has 0 bridgehead atoms. The lowest BCUT2D eigenvalue weighted by atomic mass is 10.0. The van der Waals surface area contributed by atoms with Crippen molar-refractivity contribution in [1.82, 2.24) is 19.3 Å². The first-order valence-electron chi connectivity index (χ1n) is 14.0. The predicted molar refractivity (Wildman–Crippen MR) is 165 cm³/mol. The average Bonchev–Trinajstić information content (AvgIpc) is 3.33. The van der Waals surface area contributed by atoms with Crippen molar-refractivity contribution >= 4 is 38.8 Å². The van der Waals surface area contributed by atoms with Gasteiger partial charge in [0.25, 0.3) is 10.0 Å². The Morgan fingerprint density at radius 3 is 2.44 bits per heavy atom. The fraction of sp³-hybridized carbons (Fsp3) is 0.219. The van der Waals surface area contributed by atoms with Gasteiger partial charge in [-0.3, -0.25) is 9.55 Å². The van der Waals surface area contributed by atoms with E-state index in [1.807, 2.05) is 22.9 Å². The molecule has 0 saturated carbocycles. The maximum Gasteiger partial charge on any atom is 0.421 e. The minimum absolute atomic E-state index is 0.000362. The van der Waals surface area contributed by atoms with E-state index in [-0.39, 0.29) is 17.0 Å². The molecule has 2 aromatic heterocycles. The molecule has 5 aromatic rings. The highest BCUT2D eigenvalue weighted by molar-refractivity contribution is 7.90. The number of hydrogen-bond donors (Lipinski definition) is 1. The van der Waals surface area contributed by atoms with Crippen LogP contribution < -0.4 is 4.72 Å². The molecule has 0 radical (unpaired) electrons. The molecule has 0 aliphatic carbocycles. The molecule has 0 fully saturated rings. The molecule has 1 amide bonds. The molecule has 0 aliphatic heterocycles. The summed E-state index contributed by atoms with van der Waals surface area (Å²) < 4.78 is 75.5. The fourth-order valence-corrected chi connectivity index (χ4v) is 6.38. The molecule has 8 nitrogen and oxygen atoms in total. The van der Waals surface area contributed by atoms with E-state index < -0.39 is 32.9 Å². The van der Waals surface area contributed by atoms with Crippen LogP contribution in [0.25, 0.3) is 27.8 Å². The number of imidazole rings is 1. The highest BCUT2D eigenvalue weighted by Gasteiger charge is 2.34. The van der Waals surface area contributed by atoms with Crippen molar-refractivity contribution in [2.75, 3.05) is 6.61 Å². The average molecular weight is 657 g/mol. The second-order valence-electron chi connectivity index (χ2n) is 10.2. The van der Waals surface area contributed by atoms with Gasteiger partial charge in [0.15, 0.2) is 0 Å². The van der Waals surface area contributed by atoms with Gasteiger partial charge >= 0.3 is 12.3 Å². The smallest absolute Gasteiger partial charge is 0.421 e. The van der Waals surface area contributed by atoms with Crippen LogP contribution in [0.4, 0.5) is 18.0 Å². The van der Waals surface area contributed by atoms with Gasteiger partial charge in [-0.2, -0.15) is 13.2 Å². The molecule has 0 unspecified atom stereocenters. The van der Waals surface area contributed by atoms with E-state index in [1.165, 1.54) is 12.1 Å². The molecule has 0 saturated heterocycles. The van der Waals surface area contributed by atoms with Crippen LogP contribution in [0.3, 0.4) is 0 Å². The number of halogens is 4. The second kappa shape index (κ2) is 12.9. The predicted octanol–water partition coefficient (Wildman–Crippen LogP) is 7.68. The zero-order chi connectivity index (χ0) is 32.4. The Hall–Kier alpha value is -4.42. The number of fused-ring (bicyclic) bond motifs is 1. The van der Waals surface area contributed by atoms with Crippen molar-refractivity contribution in [2.24, 2.45) is 0 Å². The van der Waals surface area contributed by atoms with Crippen molar-refractivity contribution in [3.05, 3.63) is 107 Å². The molecule has 45 heavy (non-hydrogen) atoms. The third kappa shape index (κ3) is 7.12. The van der Waals surface area contributed by atoms with Gasteiger partial charge < -0.3 is 4.74 Å². The number of sulfonamides is 1. The Labute approximate surface area is 262 Å². The SMILES string of the molecule is CCOC(=O)NS(=O)(=O)c1ccc(C)cc1-c1ccc(-n2c(CCCc3ccccn3)nc3cc(C(F)(F)F)c(Cl)cc32)cc1. The number of benzene rings is 3. The fourth-order valence-electron chi connectivity index (χ4n) is 5.01. The van der Waals surface area contributed by atoms with Crippen molar-refractivity contribution in [3.8, 4) is 16.8 Å². The zero-order valence-corrected chi connectivity index (χ0v) is 25.8. The van der Waals surface area contributed by atoms with Gasteiger partial charge in [0.2, 0.25) is 0 Å². The summed E-state index contributed by atoms with van der Waals surface area (Å²) in [6.07, 6.45) is -2.33. The first-order valence-corrected chi connectivity index (χ1v) is 15.8. The van der Waals surface area contributed by atoms with Gasteiger partial charge in [0.1, 0.15) is 5.82 Å². The molecule has 2 heterocycles. The molecular formula is C32H28ClF3N4O4S. The Balaban J connectivity index is 1.56. The lowest BCUT2D eigenvalue weighted by Crippen LogP contribution is -2.31. The van der Waals surface area contributed by atoms with Crippen LogP contribution in [0.2, 0.25) is 5.02 Å². The number of aryl methyl sites for hydroxylation is 3. The van der Waals surface area contributed by atoms with Gasteiger partial charge in [-0.1, -0.05) is 47.5 Å². The summed E-state index contributed by atoms with van der Waals surface area (Å²) in [5, 5.41) is -0.448. The minimum atomic E-state index is -4.65. The highest BCUT2D eigenvalue weighted by atomic mass is 35.5. The van der Waals surface area contributed by atoms with Crippen LogP contribution in [0.5, 0.6) is 0 Å². The van der Waals surface area contributed by atoms with Crippen molar-refractivity contribution in [3.63, 3.8) is 0 Å². The van der Waals surface area contributed by atoms with E-state index in [4.69, 9.17) is 16.3 Å². The molecule has 234 valence electrons. The molecule has 5 rings (SSSR count). The van der Waals surface area contributed by atoms with Crippen LogP contribution in [0.15, 0.2) is 83.9 Å². The number of aromatic nitrogens is 3. The summed E-state index contributed by atoms with van der Waals surface area (Å²) in [6, 6.07) is 19.4. The number of alkyl halides is 3. The zero-order valence-electron chi connectivity index (χ0n) is 24.2. The summed E-state index contributed by atoms with van der Waals surface area (Å²) in [5.41, 5.74) is 2.70. The van der Waals surface area contributed by atoms with Crippen LogP contribution in [0.1, 0.15) is 36.0 Å². The number of nitrogens with zero attached hydrogens (tertiary/aromatic N) is 3. The van der Waals surface area contributed by atoms with E-state index in [2.05, 4.69) is 9.97 Å². The number of rotatable bonds is 9. The third-order valence-corrected chi connectivity index (χ3v) is 8.71. The lowest BCUT2D eigenvalue weighted by molar-refractivity contribution is -0.137. The van der Waals surface area contributed by atoms with Crippen LogP contribution in [-0.4, -0.2) is 35.7 Å². The van der Waals surface area contributed by atoms with E-state index in [0.717, 1.165) is 17.3 Å². The summed E-state index contributed by atoms with van der Waals surface area (Å²) in [5.74, 6) is 0.529. The number of carbonyl (C=O) groups excluding carboxylic acids is 1. The third-order valence-electron chi connectivity index (χ3n) is 7.03. The van der Waals surface area contributed by atoms with Crippen LogP contribution in [0, 0.1) is 6.92 Å². The Bertz CT molecular complexity index is 1960. The van der Waals surface area contributed by atoms with Crippen molar-refractivity contribution in [2.45, 2.75) is 44.2 Å². The first-order chi connectivity index (χ1) is 21.4. The van der Waals surface area contributed by atoms with Crippen molar-refractivity contribution in [1.29, 1.82) is 0 Å². The molecule has 0 aliphatic rings. The molecule has 13 heteroatoms. The van der Waals surface area contributed by atoms with E-state index in [0.29, 0.717) is 47.4 Å². The number of carbonyl (C=O) groups is 1. The second-order valence-corrected chi connectivity index (χ2v) is 12.3. The van der Waals surface area contributed by atoms with Gasteiger partial charge in [-0.05, 0) is 74.7 Å². The topological polar surface area (TPSA) is 103 Å². The van der Waals surface area contributed by atoms with Crippen LogP contribution in [-0.2, 0) is 33.8 Å². The van der Waals surface area contributed by atoms with E-state index in [1.54, 1.807) is 61.0 Å². The van der Waals surface area contributed by atoms with E-state index in [9.17, 15) is 26.4 Å². The Kier molecular flexibility index (Phi) is 9.17. The number of pyridine rings is 1. The monoisotopic (exact) mass is 656 g/mol. The van der Waals surface area contributed by atoms with E-state index >= 15 is 0 Å². The standard InChI is InChI=1S/C32H28ClF3N4O4S/c1-3-44-31(41)39-45(42,43)29-15-10-20(2)17-24(29)21-11-13-23(14-12-21)40-28-19-26(33)25(32(34,35)36)18-27(28)38-30(40)9-6-8-22-7-4-5-16-37-22/h4-5,7,10-19H,3,6,8-9H2,1-2H3,(H,39,41). The number of hydrogen-bond acceptors (Lipinski definition) is 6. The first kappa shape index (κ1) is 32.0. The molecular weight excluding hydrogens is 629 g/mol. The normalized spacial score (nSPS) is 12.0. The highest BCUT2D eigenvalue weighted by Crippen LogP contribution is 2.38. The number of ether oxygens (including phenoxy) is 1. The number of amides is 1.